The van der Waals surface area contributed by atoms with Crippen LogP contribution in [-0.2, 0) is 4.79 Å². The molecule has 0 radical (unpaired) electrons. The Bertz CT molecular complexity index is 566. The van der Waals surface area contributed by atoms with Crippen LogP contribution in [0, 0.1) is 0 Å². The first-order valence-electron chi connectivity index (χ1n) is 6.87. The van der Waals surface area contributed by atoms with Crippen LogP contribution >= 0.6 is 22.9 Å². The Balaban J connectivity index is 1.96. The summed E-state index contributed by atoms with van der Waals surface area (Å²) in [4.78, 5) is 12.7. The van der Waals surface area contributed by atoms with Gasteiger partial charge in [0.25, 0.3) is 0 Å². The SMILES string of the molecule is CC(C)NC(=O)CCNC(c1ccco1)c1ccc(Cl)s1. The molecule has 6 heteroatoms. The van der Waals surface area contributed by atoms with Crippen molar-refractivity contribution in [2.24, 2.45) is 0 Å². The largest absolute Gasteiger partial charge is 0.467 e. The molecule has 0 saturated heterocycles. The molecule has 0 aliphatic carbocycles. The molecule has 0 saturated carbocycles. The van der Waals surface area contributed by atoms with Crippen LogP contribution < -0.4 is 10.6 Å². The van der Waals surface area contributed by atoms with Crippen LogP contribution in [0.5, 0.6) is 0 Å². The van der Waals surface area contributed by atoms with E-state index in [-0.39, 0.29) is 18.0 Å². The maximum atomic E-state index is 11.7. The Morgan fingerprint density at radius 1 is 1.38 bits per heavy atom. The lowest BCUT2D eigenvalue weighted by atomic mass is 10.2. The molecule has 2 aromatic heterocycles. The molecule has 2 aromatic rings. The molecular weight excluding hydrogens is 308 g/mol. The van der Waals surface area contributed by atoms with Gasteiger partial charge in [0.05, 0.1) is 10.6 Å². The average Bonchev–Trinajstić information content (AvgIpc) is 3.05. The summed E-state index contributed by atoms with van der Waals surface area (Å²) in [6.45, 7) is 4.47. The van der Waals surface area contributed by atoms with Crippen molar-refractivity contribution in [3.63, 3.8) is 0 Å². The van der Waals surface area contributed by atoms with Gasteiger partial charge in [0.2, 0.25) is 5.91 Å². The van der Waals surface area contributed by atoms with Gasteiger partial charge in [0.1, 0.15) is 11.8 Å². The minimum atomic E-state index is -0.0793. The van der Waals surface area contributed by atoms with Crippen molar-refractivity contribution >= 4 is 28.8 Å². The lowest BCUT2D eigenvalue weighted by Crippen LogP contribution is -2.33. The summed E-state index contributed by atoms with van der Waals surface area (Å²) in [6.07, 6.45) is 2.07. The van der Waals surface area contributed by atoms with Crippen molar-refractivity contribution in [1.82, 2.24) is 10.6 Å². The van der Waals surface area contributed by atoms with Gasteiger partial charge in [-0.2, -0.15) is 0 Å². The molecular formula is C15H19ClN2O2S. The number of thiophene rings is 1. The Kier molecular flexibility index (Phi) is 5.85. The van der Waals surface area contributed by atoms with Crippen molar-refractivity contribution in [2.75, 3.05) is 6.54 Å². The van der Waals surface area contributed by atoms with E-state index in [1.54, 1.807) is 6.26 Å². The maximum Gasteiger partial charge on any atom is 0.221 e. The number of hydrogen-bond donors (Lipinski definition) is 2. The fraction of sp³-hybridized carbons (Fsp3) is 0.400. The third kappa shape index (κ3) is 4.88. The van der Waals surface area contributed by atoms with E-state index < -0.39 is 0 Å². The summed E-state index contributed by atoms with van der Waals surface area (Å²) in [6, 6.07) is 7.69. The van der Waals surface area contributed by atoms with Crippen molar-refractivity contribution < 1.29 is 9.21 Å². The second kappa shape index (κ2) is 7.64. The molecule has 21 heavy (non-hydrogen) atoms. The molecule has 0 aliphatic rings. The number of furan rings is 1. The van der Waals surface area contributed by atoms with E-state index >= 15 is 0 Å². The molecule has 1 atom stereocenters. The fourth-order valence-corrected chi connectivity index (χ4v) is 3.15. The van der Waals surface area contributed by atoms with Gasteiger partial charge in [-0.25, -0.2) is 0 Å². The minimum absolute atomic E-state index is 0.0416. The van der Waals surface area contributed by atoms with Crippen LogP contribution in [0.2, 0.25) is 4.34 Å². The van der Waals surface area contributed by atoms with Crippen LogP contribution in [0.25, 0.3) is 0 Å². The molecule has 0 aliphatic heterocycles. The van der Waals surface area contributed by atoms with Gasteiger partial charge < -0.3 is 15.1 Å². The molecule has 0 bridgehead atoms. The third-order valence-corrected chi connectivity index (χ3v) is 4.15. The lowest BCUT2D eigenvalue weighted by Gasteiger charge is -2.15. The van der Waals surface area contributed by atoms with Crippen LogP contribution in [0.15, 0.2) is 34.9 Å². The van der Waals surface area contributed by atoms with Gasteiger partial charge in [-0.1, -0.05) is 11.6 Å². The van der Waals surface area contributed by atoms with Gasteiger partial charge in [-0.15, -0.1) is 11.3 Å². The molecule has 0 aromatic carbocycles. The Morgan fingerprint density at radius 3 is 2.76 bits per heavy atom. The smallest absolute Gasteiger partial charge is 0.221 e. The number of halogens is 1. The van der Waals surface area contributed by atoms with E-state index in [9.17, 15) is 4.79 Å². The Morgan fingerprint density at radius 2 is 2.19 bits per heavy atom. The highest BCUT2D eigenvalue weighted by Crippen LogP contribution is 2.31. The molecule has 2 rings (SSSR count). The quantitative estimate of drug-likeness (QED) is 0.817. The van der Waals surface area contributed by atoms with Crippen molar-refractivity contribution in [3.8, 4) is 0 Å². The molecule has 1 amide bonds. The molecule has 0 fully saturated rings. The van der Waals surface area contributed by atoms with Gasteiger partial charge in [-0.05, 0) is 38.1 Å². The molecule has 2 N–H and O–H groups in total. The summed E-state index contributed by atoms with van der Waals surface area (Å²) in [5.74, 6) is 0.859. The van der Waals surface area contributed by atoms with Gasteiger partial charge in [0, 0.05) is 23.9 Å². The van der Waals surface area contributed by atoms with Crippen LogP contribution in [-0.4, -0.2) is 18.5 Å². The molecule has 2 heterocycles. The number of amides is 1. The normalized spacial score (nSPS) is 12.6. The maximum absolute atomic E-state index is 11.7. The second-order valence-corrected chi connectivity index (χ2v) is 6.76. The molecule has 4 nitrogen and oxygen atoms in total. The lowest BCUT2D eigenvalue weighted by molar-refractivity contribution is -0.121. The number of hydrogen-bond acceptors (Lipinski definition) is 4. The van der Waals surface area contributed by atoms with Crippen molar-refractivity contribution in [2.45, 2.75) is 32.4 Å². The number of carbonyl (C=O) groups is 1. The highest BCUT2D eigenvalue weighted by Gasteiger charge is 2.18. The molecule has 114 valence electrons. The first-order chi connectivity index (χ1) is 10.1. The summed E-state index contributed by atoms with van der Waals surface area (Å²) in [5, 5.41) is 6.23. The zero-order valence-corrected chi connectivity index (χ0v) is 13.6. The zero-order chi connectivity index (χ0) is 15.2. The summed E-state index contributed by atoms with van der Waals surface area (Å²) in [5.41, 5.74) is 0. The summed E-state index contributed by atoms with van der Waals surface area (Å²) >= 11 is 7.51. The molecule has 0 spiro atoms. The van der Waals surface area contributed by atoms with Gasteiger partial charge in [0.15, 0.2) is 0 Å². The Labute approximate surface area is 133 Å². The first-order valence-corrected chi connectivity index (χ1v) is 8.07. The van der Waals surface area contributed by atoms with E-state index in [1.165, 1.54) is 11.3 Å². The Hall–Kier alpha value is -1.30. The second-order valence-electron chi connectivity index (χ2n) is 5.02. The first kappa shape index (κ1) is 16.1. The number of nitrogens with one attached hydrogen (secondary N) is 2. The molecule has 1 unspecified atom stereocenters. The van der Waals surface area contributed by atoms with Gasteiger partial charge >= 0.3 is 0 Å². The number of carbonyl (C=O) groups excluding carboxylic acids is 1. The highest BCUT2D eigenvalue weighted by atomic mass is 35.5. The van der Waals surface area contributed by atoms with E-state index in [2.05, 4.69) is 10.6 Å². The summed E-state index contributed by atoms with van der Waals surface area (Å²) in [7, 11) is 0. The van der Waals surface area contributed by atoms with Crippen LogP contribution in [0.4, 0.5) is 0 Å². The monoisotopic (exact) mass is 326 g/mol. The van der Waals surface area contributed by atoms with Crippen LogP contribution in [0.1, 0.15) is 36.9 Å². The highest BCUT2D eigenvalue weighted by molar-refractivity contribution is 7.16. The fourth-order valence-electron chi connectivity index (χ4n) is 2.00. The standard InChI is InChI=1S/C15H19ClN2O2S/c1-10(2)18-14(19)7-8-17-15(11-4-3-9-20-11)12-5-6-13(16)21-12/h3-6,9-10,15,17H,7-8H2,1-2H3,(H,18,19). The van der Waals surface area contributed by atoms with E-state index in [1.807, 2.05) is 38.1 Å². The minimum Gasteiger partial charge on any atom is -0.467 e. The van der Waals surface area contributed by atoms with E-state index in [4.69, 9.17) is 16.0 Å². The van der Waals surface area contributed by atoms with Crippen molar-refractivity contribution in [1.29, 1.82) is 0 Å². The average molecular weight is 327 g/mol. The predicted molar refractivity (Wildman–Crippen MR) is 85.8 cm³/mol. The van der Waals surface area contributed by atoms with Gasteiger partial charge in [-0.3, -0.25) is 4.79 Å². The van der Waals surface area contributed by atoms with E-state index in [0.29, 0.717) is 13.0 Å². The zero-order valence-electron chi connectivity index (χ0n) is 12.1. The topological polar surface area (TPSA) is 54.3 Å². The van der Waals surface area contributed by atoms with Crippen LogP contribution in [0.3, 0.4) is 0 Å². The third-order valence-electron chi connectivity index (χ3n) is 2.86. The number of rotatable bonds is 7. The van der Waals surface area contributed by atoms with E-state index in [0.717, 1.165) is 15.0 Å². The van der Waals surface area contributed by atoms with Crippen molar-refractivity contribution in [3.05, 3.63) is 45.5 Å². The summed E-state index contributed by atoms with van der Waals surface area (Å²) < 4.78 is 6.22. The predicted octanol–water partition coefficient (Wildman–Crippen LogP) is 3.59.